The van der Waals surface area contributed by atoms with Gasteiger partial charge in [0.2, 0.25) is 0 Å². The van der Waals surface area contributed by atoms with Crippen molar-refractivity contribution >= 4 is 16.0 Å². The summed E-state index contributed by atoms with van der Waals surface area (Å²) < 4.78 is 0. The normalized spacial score (nSPS) is 53.5. The zero-order valence-electron chi connectivity index (χ0n) is 7.63. The SMILES string of the molecule is C[C@@H]1C[C@H]2[C@@H](C[C@@H]1[Se])C2(C)C. The van der Waals surface area contributed by atoms with Gasteiger partial charge in [-0.3, -0.25) is 0 Å². The molecule has 0 bridgehead atoms. The van der Waals surface area contributed by atoms with Gasteiger partial charge in [-0.1, -0.05) is 0 Å². The van der Waals surface area contributed by atoms with E-state index in [4.69, 9.17) is 0 Å². The molecular formula is C10H17Se. The fourth-order valence-electron chi connectivity index (χ4n) is 2.83. The number of rotatable bonds is 0. The third-order valence-electron chi connectivity index (χ3n) is 4.03. The monoisotopic (exact) mass is 217 g/mol. The second-order valence-electron chi connectivity index (χ2n) is 5.02. The van der Waals surface area contributed by atoms with Crippen LogP contribution in [0.1, 0.15) is 33.6 Å². The molecule has 0 nitrogen and oxygen atoms in total. The van der Waals surface area contributed by atoms with Crippen molar-refractivity contribution in [2.75, 3.05) is 0 Å². The molecule has 2 rings (SSSR count). The van der Waals surface area contributed by atoms with E-state index >= 15 is 0 Å². The second kappa shape index (κ2) is 2.26. The minimum atomic E-state index is 0.687. The molecule has 2 fully saturated rings. The molecule has 1 radical (unpaired) electrons. The van der Waals surface area contributed by atoms with E-state index in [2.05, 4.69) is 36.8 Å². The van der Waals surface area contributed by atoms with E-state index in [1.54, 1.807) is 0 Å². The zero-order valence-corrected chi connectivity index (χ0v) is 9.34. The van der Waals surface area contributed by atoms with Crippen molar-refractivity contribution in [1.29, 1.82) is 0 Å². The average Bonchev–Trinajstić information content (AvgIpc) is 2.39. The maximum absolute atomic E-state index is 3.32. The van der Waals surface area contributed by atoms with E-state index in [-0.39, 0.29) is 0 Å². The second-order valence-corrected chi connectivity index (χ2v) is 6.29. The molecular weight excluding hydrogens is 199 g/mol. The molecule has 0 saturated heterocycles. The molecule has 2 aliphatic rings. The fraction of sp³-hybridized carbons (Fsp3) is 1.00. The Morgan fingerprint density at radius 3 is 2.27 bits per heavy atom. The quantitative estimate of drug-likeness (QED) is 0.546. The molecule has 0 aromatic carbocycles. The topological polar surface area (TPSA) is 0 Å². The summed E-state index contributed by atoms with van der Waals surface area (Å²) in [4.78, 5) is 0.859. The first-order chi connectivity index (χ1) is 5.03. The van der Waals surface area contributed by atoms with Crippen molar-refractivity contribution < 1.29 is 0 Å². The third-order valence-corrected chi connectivity index (χ3v) is 5.41. The van der Waals surface area contributed by atoms with Crippen molar-refractivity contribution in [3.05, 3.63) is 0 Å². The molecule has 0 spiro atoms. The van der Waals surface area contributed by atoms with Gasteiger partial charge in [0, 0.05) is 0 Å². The van der Waals surface area contributed by atoms with Crippen LogP contribution in [-0.4, -0.2) is 16.0 Å². The van der Waals surface area contributed by atoms with Crippen LogP contribution in [0.4, 0.5) is 0 Å². The van der Waals surface area contributed by atoms with Crippen LogP contribution in [-0.2, 0) is 0 Å². The molecule has 0 amide bonds. The van der Waals surface area contributed by atoms with Gasteiger partial charge in [-0.05, 0) is 0 Å². The van der Waals surface area contributed by atoms with Gasteiger partial charge in [0.15, 0.2) is 0 Å². The van der Waals surface area contributed by atoms with Crippen LogP contribution < -0.4 is 0 Å². The molecule has 0 aliphatic heterocycles. The van der Waals surface area contributed by atoms with E-state index in [9.17, 15) is 0 Å². The van der Waals surface area contributed by atoms with E-state index in [0.29, 0.717) is 5.41 Å². The van der Waals surface area contributed by atoms with E-state index in [0.717, 1.165) is 22.6 Å². The third kappa shape index (κ3) is 1.09. The summed E-state index contributed by atoms with van der Waals surface area (Å²) in [5.41, 5.74) is 0.687. The summed E-state index contributed by atoms with van der Waals surface area (Å²) in [6, 6.07) is 0. The van der Waals surface area contributed by atoms with Gasteiger partial charge in [-0.25, -0.2) is 0 Å². The number of fused-ring (bicyclic) bond motifs is 1. The summed E-state index contributed by atoms with van der Waals surface area (Å²) in [6.45, 7) is 7.27. The van der Waals surface area contributed by atoms with E-state index in [1.807, 2.05) is 0 Å². The van der Waals surface area contributed by atoms with Gasteiger partial charge >= 0.3 is 77.6 Å². The van der Waals surface area contributed by atoms with Gasteiger partial charge in [0.05, 0.1) is 0 Å². The Hall–Kier alpha value is 0.519. The predicted molar refractivity (Wildman–Crippen MR) is 48.7 cm³/mol. The average molecular weight is 216 g/mol. The van der Waals surface area contributed by atoms with Gasteiger partial charge < -0.3 is 0 Å². The molecule has 1 heteroatoms. The molecule has 0 N–H and O–H groups in total. The molecule has 2 aliphatic carbocycles. The molecule has 0 aromatic rings. The van der Waals surface area contributed by atoms with Crippen LogP contribution in [0.3, 0.4) is 0 Å². The van der Waals surface area contributed by atoms with Gasteiger partial charge in [-0.2, -0.15) is 0 Å². The Morgan fingerprint density at radius 1 is 1.18 bits per heavy atom. The van der Waals surface area contributed by atoms with E-state index in [1.165, 1.54) is 12.8 Å². The molecule has 63 valence electrons. The van der Waals surface area contributed by atoms with Crippen LogP contribution in [0.15, 0.2) is 0 Å². The Labute approximate surface area is 77.9 Å². The molecule has 4 atom stereocenters. The minimum absolute atomic E-state index is 0.687. The summed E-state index contributed by atoms with van der Waals surface area (Å²) in [5.74, 6) is 3.03. The van der Waals surface area contributed by atoms with Crippen LogP contribution in [0.25, 0.3) is 0 Å². The van der Waals surface area contributed by atoms with Crippen molar-refractivity contribution in [3.63, 3.8) is 0 Å². The van der Waals surface area contributed by atoms with Gasteiger partial charge in [-0.15, -0.1) is 0 Å². The molecule has 2 saturated carbocycles. The van der Waals surface area contributed by atoms with Crippen molar-refractivity contribution in [2.24, 2.45) is 23.2 Å². The Kier molecular flexibility index (Phi) is 1.67. The molecule has 0 aromatic heterocycles. The first kappa shape index (κ1) is 8.13. The van der Waals surface area contributed by atoms with Crippen molar-refractivity contribution in [2.45, 2.75) is 38.4 Å². The van der Waals surface area contributed by atoms with Crippen LogP contribution in [0, 0.1) is 23.2 Å². The van der Waals surface area contributed by atoms with Gasteiger partial charge in [0.1, 0.15) is 0 Å². The zero-order chi connectivity index (χ0) is 8.22. The maximum atomic E-state index is 3.32. The number of hydrogen-bond donors (Lipinski definition) is 0. The summed E-state index contributed by atoms with van der Waals surface area (Å²) in [6.07, 6.45) is 2.91. The molecule has 11 heavy (non-hydrogen) atoms. The summed E-state index contributed by atoms with van der Waals surface area (Å²) >= 11 is 3.32. The van der Waals surface area contributed by atoms with Crippen LogP contribution in [0.5, 0.6) is 0 Å². The first-order valence-corrected chi connectivity index (χ1v) is 5.68. The van der Waals surface area contributed by atoms with Crippen LogP contribution in [0.2, 0.25) is 4.82 Å². The Bertz CT molecular complexity index is 156. The summed E-state index contributed by atoms with van der Waals surface area (Å²) in [7, 11) is 0. The van der Waals surface area contributed by atoms with Crippen LogP contribution >= 0.6 is 0 Å². The first-order valence-electron chi connectivity index (χ1n) is 4.69. The Morgan fingerprint density at radius 2 is 1.73 bits per heavy atom. The number of hydrogen-bond acceptors (Lipinski definition) is 0. The summed E-state index contributed by atoms with van der Waals surface area (Å²) in [5, 5.41) is 0. The van der Waals surface area contributed by atoms with Crippen molar-refractivity contribution in [3.8, 4) is 0 Å². The standard InChI is InChI=1S/C10H17Se/c1-6-4-7-8(5-9(6)11)10(7,2)3/h6-9H,4-5H2,1-3H3/t6-,7+,8-,9+/m1/s1. The van der Waals surface area contributed by atoms with E-state index < -0.39 is 0 Å². The van der Waals surface area contributed by atoms with Crippen molar-refractivity contribution in [1.82, 2.24) is 0 Å². The van der Waals surface area contributed by atoms with Gasteiger partial charge in [0.25, 0.3) is 0 Å². The fourth-order valence-corrected chi connectivity index (χ4v) is 3.50. The predicted octanol–water partition coefficient (Wildman–Crippen LogP) is 2.65. The molecule has 0 heterocycles. The molecule has 0 unspecified atom stereocenters. The Balaban J connectivity index is 2.07.